The summed E-state index contributed by atoms with van der Waals surface area (Å²) >= 11 is 0. The zero-order chi connectivity index (χ0) is 33.7. The number of ether oxygens (including phenoxy) is 3. The minimum absolute atomic E-state index is 0.0817. The second-order valence-electron chi connectivity index (χ2n) is 11.9. The Bertz CT molecular complexity index is 1840. The number of benzene rings is 3. The standard InChI is InChI=1S/C36H36FN5O6/c1-36-32(43)19-24-16-23(10-12-29(24)48-36)18-27-26(37)21-39-35(42-27)40-25-11-13-30(31(20-25)46-2)47-15-7-6-14-38-33(44)28(41-34(36)45)17-22-8-4-3-5-9-22/h3-5,8-13,16,20-21,28H,6-7,14-15,17-19H2,1-2H3,(H,38,44)(H,41,45)(H,39,40,42)/t28-,36-/m1/s1. The number of halogens is 1. The van der Waals surface area contributed by atoms with E-state index >= 15 is 0 Å². The topological polar surface area (TPSA) is 141 Å². The van der Waals surface area contributed by atoms with Crippen LogP contribution in [0.3, 0.4) is 0 Å². The number of Topliss-reactive ketones (excluding diaryl/α,β-unsaturated/α-hetero) is 1. The molecule has 2 atom stereocenters. The molecule has 0 spiro atoms. The first-order chi connectivity index (χ1) is 23.2. The van der Waals surface area contributed by atoms with E-state index in [0.717, 1.165) is 11.8 Å². The summed E-state index contributed by atoms with van der Waals surface area (Å²) in [7, 11) is 1.54. The van der Waals surface area contributed by atoms with Gasteiger partial charge in [0, 0.05) is 43.1 Å². The van der Waals surface area contributed by atoms with Crippen molar-refractivity contribution in [1.82, 2.24) is 20.6 Å². The highest BCUT2D eigenvalue weighted by Crippen LogP contribution is 2.34. The van der Waals surface area contributed by atoms with Crippen LogP contribution in [0.5, 0.6) is 17.2 Å². The van der Waals surface area contributed by atoms with Gasteiger partial charge in [0.25, 0.3) is 5.91 Å². The molecule has 0 fully saturated rings. The number of nitrogens with one attached hydrogen (secondary N) is 3. The molecule has 0 saturated heterocycles. The maximum Gasteiger partial charge on any atom is 0.272 e. The molecule has 3 N–H and O–H groups in total. The molecule has 11 nitrogen and oxygen atoms in total. The Balaban J connectivity index is 1.30. The summed E-state index contributed by atoms with van der Waals surface area (Å²) in [6, 6.07) is 18.8. The van der Waals surface area contributed by atoms with Gasteiger partial charge in [0.15, 0.2) is 23.1 Å². The normalized spacial score (nSPS) is 20.0. The van der Waals surface area contributed by atoms with Crippen LogP contribution in [0.1, 0.15) is 42.1 Å². The first-order valence-corrected chi connectivity index (χ1v) is 15.8. The molecule has 2 amide bonds. The van der Waals surface area contributed by atoms with Crippen LogP contribution >= 0.6 is 0 Å². The number of carbonyl (C=O) groups excluding carboxylic acids is 3. The first-order valence-electron chi connectivity index (χ1n) is 15.8. The van der Waals surface area contributed by atoms with Crippen molar-refractivity contribution in [2.45, 2.75) is 50.7 Å². The van der Waals surface area contributed by atoms with Gasteiger partial charge in [-0.1, -0.05) is 42.5 Å². The molecule has 48 heavy (non-hydrogen) atoms. The Morgan fingerprint density at radius 1 is 1.00 bits per heavy atom. The molecule has 12 heteroatoms. The van der Waals surface area contributed by atoms with Gasteiger partial charge in [0.05, 0.1) is 25.6 Å². The molecule has 4 aromatic rings. The Morgan fingerprint density at radius 3 is 2.62 bits per heavy atom. The van der Waals surface area contributed by atoms with Crippen molar-refractivity contribution in [3.8, 4) is 17.2 Å². The number of methoxy groups -OCH3 is 1. The summed E-state index contributed by atoms with van der Waals surface area (Å²) < 4.78 is 32.4. The predicted octanol–water partition coefficient (Wildman–Crippen LogP) is 4.24. The molecule has 0 radical (unpaired) electrons. The van der Waals surface area contributed by atoms with E-state index in [-0.39, 0.29) is 36.8 Å². The number of carbonyl (C=O) groups is 3. The molecule has 0 aliphatic carbocycles. The van der Waals surface area contributed by atoms with Gasteiger partial charge in [-0.05, 0) is 49.1 Å². The lowest BCUT2D eigenvalue weighted by molar-refractivity contribution is -0.150. The summed E-state index contributed by atoms with van der Waals surface area (Å²) in [4.78, 5) is 49.1. The number of nitrogens with zero attached hydrogens (tertiary/aromatic N) is 2. The van der Waals surface area contributed by atoms with Gasteiger partial charge in [-0.25, -0.2) is 14.4 Å². The van der Waals surface area contributed by atoms with E-state index < -0.39 is 29.2 Å². The minimum Gasteiger partial charge on any atom is -0.493 e. The van der Waals surface area contributed by atoms with Crippen LogP contribution in [0, 0.1) is 5.82 Å². The number of anilines is 2. The molecular formula is C36H36FN5O6. The number of rotatable bonds is 3. The average molecular weight is 654 g/mol. The summed E-state index contributed by atoms with van der Waals surface area (Å²) in [6.07, 6.45) is 2.61. The average Bonchev–Trinajstić information content (AvgIpc) is 3.08. The van der Waals surface area contributed by atoms with E-state index in [1.807, 2.05) is 30.3 Å². The van der Waals surface area contributed by atoms with E-state index in [1.54, 1.807) is 36.4 Å². The monoisotopic (exact) mass is 653 g/mol. The van der Waals surface area contributed by atoms with E-state index in [1.165, 1.54) is 14.0 Å². The largest absolute Gasteiger partial charge is 0.493 e. The van der Waals surface area contributed by atoms with Crippen LogP contribution in [-0.4, -0.2) is 59.5 Å². The number of ketones is 1. The Labute approximate surface area is 277 Å². The van der Waals surface area contributed by atoms with Crippen LogP contribution < -0.4 is 30.2 Å². The third-order valence-electron chi connectivity index (χ3n) is 8.40. The molecule has 3 aromatic carbocycles. The second kappa shape index (κ2) is 14.1. The third kappa shape index (κ3) is 7.22. The van der Waals surface area contributed by atoms with Crippen molar-refractivity contribution in [1.29, 1.82) is 0 Å². The fourth-order valence-electron chi connectivity index (χ4n) is 5.64. The molecule has 1 aromatic heterocycles. The van der Waals surface area contributed by atoms with Gasteiger partial charge < -0.3 is 30.2 Å². The van der Waals surface area contributed by atoms with Crippen molar-refractivity contribution < 1.29 is 33.0 Å². The van der Waals surface area contributed by atoms with Crippen LogP contribution in [0.15, 0.2) is 72.9 Å². The van der Waals surface area contributed by atoms with Crippen LogP contribution in [-0.2, 0) is 33.6 Å². The van der Waals surface area contributed by atoms with Crippen molar-refractivity contribution >= 4 is 29.2 Å². The van der Waals surface area contributed by atoms with Gasteiger partial charge in [0.1, 0.15) is 11.8 Å². The van der Waals surface area contributed by atoms with Crippen LogP contribution in [0.2, 0.25) is 0 Å². The van der Waals surface area contributed by atoms with E-state index in [4.69, 9.17) is 14.2 Å². The predicted molar refractivity (Wildman–Crippen MR) is 175 cm³/mol. The fourth-order valence-corrected chi connectivity index (χ4v) is 5.64. The summed E-state index contributed by atoms with van der Waals surface area (Å²) in [6.45, 7) is 2.14. The van der Waals surface area contributed by atoms with Gasteiger partial charge in [-0.3, -0.25) is 14.4 Å². The SMILES string of the molecule is COc1cc2ccc1OCCCCNC(=O)[C@@H](Cc1ccccc1)NC(=O)[C@]1(C)Oc3ccc(cc3CC1=O)Cc1nc(ncc1F)N2. The van der Waals surface area contributed by atoms with E-state index in [2.05, 4.69) is 25.9 Å². The molecule has 0 unspecified atom stereocenters. The van der Waals surface area contributed by atoms with E-state index in [9.17, 15) is 18.8 Å². The molecule has 6 aliphatic rings. The molecule has 248 valence electrons. The zero-order valence-corrected chi connectivity index (χ0v) is 26.7. The third-order valence-corrected chi connectivity index (χ3v) is 8.40. The highest BCUT2D eigenvalue weighted by molar-refractivity contribution is 6.11. The summed E-state index contributed by atoms with van der Waals surface area (Å²) in [5.41, 5.74) is 1.01. The molecule has 6 aliphatic heterocycles. The van der Waals surface area contributed by atoms with Gasteiger partial charge in [0.2, 0.25) is 17.5 Å². The smallest absolute Gasteiger partial charge is 0.272 e. The highest BCUT2D eigenvalue weighted by atomic mass is 19.1. The van der Waals surface area contributed by atoms with Crippen molar-refractivity contribution in [3.63, 3.8) is 0 Å². The number of hydrogen-bond acceptors (Lipinski definition) is 9. The second-order valence-corrected chi connectivity index (χ2v) is 11.9. The van der Waals surface area contributed by atoms with Gasteiger partial charge in [-0.15, -0.1) is 0 Å². The van der Waals surface area contributed by atoms with Gasteiger partial charge >= 0.3 is 0 Å². The first kappa shape index (κ1) is 32.4. The van der Waals surface area contributed by atoms with Gasteiger partial charge in [-0.2, -0.15) is 0 Å². The number of amides is 2. The molecular weight excluding hydrogens is 617 g/mol. The lowest BCUT2D eigenvalue weighted by Crippen LogP contribution is -2.61. The minimum atomic E-state index is -1.86. The Kier molecular flexibility index (Phi) is 9.51. The maximum absolute atomic E-state index is 14.9. The highest BCUT2D eigenvalue weighted by Gasteiger charge is 2.47. The zero-order valence-electron chi connectivity index (χ0n) is 26.7. The number of aromatic nitrogens is 2. The number of hydrogen-bond donors (Lipinski definition) is 3. The van der Waals surface area contributed by atoms with Crippen LogP contribution in [0.4, 0.5) is 16.0 Å². The lowest BCUT2D eigenvalue weighted by atomic mass is 9.88. The fraction of sp³-hybridized carbons (Fsp3) is 0.306. The Hall–Kier alpha value is -5.52. The van der Waals surface area contributed by atoms with Crippen LogP contribution in [0.25, 0.3) is 0 Å². The van der Waals surface area contributed by atoms with Crippen molar-refractivity contribution in [2.24, 2.45) is 0 Å². The molecule has 10 rings (SSSR count). The quantitative estimate of drug-likeness (QED) is 0.277. The maximum atomic E-state index is 14.9. The van der Waals surface area contributed by atoms with Crippen molar-refractivity contribution in [2.75, 3.05) is 25.6 Å². The summed E-state index contributed by atoms with van der Waals surface area (Å²) in [5.74, 6) is -0.553. The molecule has 8 bridgehead atoms. The Morgan fingerprint density at radius 2 is 1.81 bits per heavy atom. The lowest BCUT2D eigenvalue weighted by Gasteiger charge is -2.34. The molecule has 0 saturated carbocycles. The summed E-state index contributed by atoms with van der Waals surface area (Å²) in [5, 5.41) is 8.79. The van der Waals surface area contributed by atoms with E-state index in [0.29, 0.717) is 60.1 Å². The van der Waals surface area contributed by atoms with Crippen molar-refractivity contribution in [3.05, 3.63) is 101 Å². The molecule has 7 heterocycles.